The third kappa shape index (κ3) is 3.13. The Morgan fingerprint density at radius 3 is 2.44 bits per heavy atom. The van der Waals surface area contributed by atoms with Crippen LogP contribution >= 0.6 is 0 Å². The average molecular weight is 492 g/mol. The molecule has 4 atom stereocenters. The molecule has 0 unspecified atom stereocenters. The lowest BCUT2D eigenvalue weighted by atomic mass is 9.59. The van der Waals surface area contributed by atoms with Gasteiger partial charge in [0.05, 0.1) is 26.1 Å². The van der Waals surface area contributed by atoms with Crippen LogP contribution in [0.25, 0.3) is 0 Å². The summed E-state index contributed by atoms with van der Waals surface area (Å²) in [5, 5.41) is 11.1. The molecule has 186 valence electrons. The van der Waals surface area contributed by atoms with E-state index in [1.807, 2.05) is 0 Å². The minimum atomic E-state index is -1.15. The Morgan fingerprint density at radius 1 is 1.08 bits per heavy atom. The number of aromatic hydroxyl groups is 1. The van der Waals surface area contributed by atoms with E-state index in [1.54, 1.807) is 19.1 Å². The number of amides is 4. The number of nitrogens with two attached hydrogens (primary N) is 1. The number of benzene rings is 1. The fraction of sp³-hybridized carbons (Fsp3) is 0.346. The zero-order valence-corrected chi connectivity index (χ0v) is 19.9. The van der Waals surface area contributed by atoms with Crippen LogP contribution in [0.5, 0.6) is 17.2 Å². The highest BCUT2D eigenvalue weighted by molar-refractivity contribution is 6.24. The monoisotopic (exact) mass is 492 g/mol. The fourth-order valence-electron chi connectivity index (χ4n) is 6.07. The number of hydrogen-bond acceptors (Lipinski definition) is 8. The topological polar surface area (TPSA) is 153 Å². The number of Topliss-reactive ketones (excluding diaryl/α,β-unsaturated/α-hetero) is 1. The number of methoxy groups -OCH3 is 2. The van der Waals surface area contributed by atoms with Crippen molar-refractivity contribution in [2.24, 2.45) is 23.5 Å². The molecule has 4 amide bonds. The van der Waals surface area contributed by atoms with Gasteiger partial charge in [-0.25, -0.2) is 4.79 Å². The standard InChI is InChI=1S/C26H24N2O8/c1-10-6-16(29)15-9-14-12(4-5-13-19(14)25(33)28(24(13)32)26(27)34)20(21(15)23(10)31)22-17(30)7-11(35-2)8-18(22)36-3/h4,6-8,13-14,19-20,30H,5,9H2,1-3H3,(H2,27,34)/t13-,14+,19-,20-/m0/s1. The van der Waals surface area contributed by atoms with E-state index in [4.69, 9.17) is 15.2 Å². The van der Waals surface area contributed by atoms with Crippen molar-refractivity contribution in [3.8, 4) is 17.2 Å². The summed E-state index contributed by atoms with van der Waals surface area (Å²) in [7, 11) is 2.83. The van der Waals surface area contributed by atoms with Gasteiger partial charge in [0, 0.05) is 40.3 Å². The number of fused-ring (bicyclic) bond motifs is 3. The summed E-state index contributed by atoms with van der Waals surface area (Å²) in [6.07, 6.45) is 3.21. The molecule has 0 radical (unpaired) electrons. The van der Waals surface area contributed by atoms with E-state index in [0.29, 0.717) is 16.2 Å². The number of likely N-dealkylation sites (tertiary alicyclic amines) is 1. The summed E-state index contributed by atoms with van der Waals surface area (Å²) in [5.74, 6) is -5.08. The van der Waals surface area contributed by atoms with Gasteiger partial charge in [-0.3, -0.25) is 19.2 Å². The molecule has 0 bridgehead atoms. The molecule has 0 aromatic heterocycles. The van der Waals surface area contributed by atoms with Gasteiger partial charge >= 0.3 is 6.03 Å². The molecule has 10 heteroatoms. The largest absolute Gasteiger partial charge is 0.507 e. The highest BCUT2D eigenvalue weighted by Gasteiger charge is 2.58. The Hall–Kier alpha value is -4.21. The predicted octanol–water partition coefficient (Wildman–Crippen LogP) is 1.92. The van der Waals surface area contributed by atoms with Crippen LogP contribution in [-0.4, -0.2) is 53.6 Å². The zero-order chi connectivity index (χ0) is 26.0. The van der Waals surface area contributed by atoms with E-state index in [1.165, 1.54) is 26.4 Å². The van der Waals surface area contributed by atoms with Crippen LogP contribution in [0.1, 0.15) is 31.2 Å². The molecule has 5 rings (SSSR count). The van der Waals surface area contributed by atoms with Gasteiger partial charge in [-0.1, -0.05) is 11.6 Å². The molecule has 3 aliphatic carbocycles. The molecule has 1 aromatic rings. The van der Waals surface area contributed by atoms with Crippen LogP contribution in [-0.2, 0) is 19.2 Å². The molecule has 1 aliphatic heterocycles. The van der Waals surface area contributed by atoms with Crippen LogP contribution in [0.2, 0.25) is 0 Å². The number of imide groups is 3. The molecule has 3 N–H and O–H groups in total. The number of ketones is 2. The first-order valence-electron chi connectivity index (χ1n) is 11.4. The zero-order valence-electron chi connectivity index (χ0n) is 19.9. The van der Waals surface area contributed by atoms with Crippen molar-refractivity contribution in [1.82, 2.24) is 4.90 Å². The minimum absolute atomic E-state index is 0.0397. The minimum Gasteiger partial charge on any atom is -0.507 e. The molecule has 1 aromatic carbocycles. The molecule has 10 nitrogen and oxygen atoms in total. The number of carbonyl (C=O) groups excluding carboxylic acids is 5. The summed E-state index contributed by atoms with van der Waals surface area (Å²) in [6, 6.07) is 1.79. The van der Waals surface area contributed by atoms with Gasteiger partial charge in [0.2, 0.25) is 11.8 Å². The van der Waals surface area contributed by atoms with Crippen LogP contribution in [0.4, 0.5) is 4.79 Å². The van der Waals surface area contributed by atoms with Gasteiger partial charge < -0.3 is 20.3 Å². The van der Waals surface area contributed by atoms with Crippen molar-refractivity contribution in [3.63, 3.8) is 0 Å². The Balaban J connectivity index is 1.75. The molecule has 36 heavy (non-hydrogen) atoms. The number of nitrogens with zero attached hydrogens (tertiary/aromatic N) is 1. The Kier molecular flexibility index (Phi) is 5.35. The lowest BCUT2D eigenvalue weighted by Gasteiger charge is -2.42. The SMILES string of the molecule is COc1cc(O)c([C@H]2C3=CC[C@@H]4C(=O)N(C(N)=O)C(=O)[C@@H]4[C@@H]3CC3=C2C(=O)C(C)=CC3=O)c(OC)c1. The number of phenols is 1. The smallest absolute Gasteiger partial charge is 0.328 e. The summed E-state index contributed by atoms with van der Waals surface area (Å²) in [6.45, 7) is 1.55. The molecule has 1 fully saturated rings. The summed E-state index contributed by atoms with van der Waals surface area (Å²) < 4.78 is 10.8. The Morgan fingerprint density at radius 2 is 1.81 bits per heavy atom. The summed E-state index contributed by atoms with van der Waals surface area (Å²) >= 11 is 0. The summed E-state index contributed by atoms with van der Waals surface area (Å²) in [4.78, 5) is 65.0. The summed E-state index contributed by atoms with van der Waals surface area (Å²) in [5.41, 5.74) is 6.86. The highest BCUT2D eigenvalue weighted by Crippen LogP contribution is 2.57. The van der Waals surface area contributed by atoms with Gasteiger partial charge in [-0.05, 0) is 31.8 Å². The molecule has 1 saturated heterocycles. The molecule has 0 spiro atoms. The van der Waals surface area contributed by atoms with E-state index >= 15 is 0 Å². The molecular formula is C26H24N2O8. The Labute approximate surface area is 206 Å². The van der Waals surface area contributed by atoms with Crippen LogP contribution in [0, 0.1) is 17.8 Å². The first kappa shape index (κ1) is 23.5. The number of allylic oxidation sites excluding steroid dienone is 6. The lowest BCUT2D eigenvalue weighted by molar-refractivity contribution is -0.136. The van der Waals surface area contributed by atoms with E-state index in [9.17, 15) is 29.1 Å². The lowest BCUT2D eigenvalue weighted by Crippen LogP contribution is -2.42. The van der Waals surface area contributed by atoms with Crippen LogP contribution < -0.4 is 15.2 Å². The van der Waals surface area contributed by atoms with Gasteiger partial charge in [-0.15, -0.1) is 0 Å². The normalized spacial score (nSPS) is 27.2. The highest BCUT2D eigenvalue weighted by atomic mass is 16.5. The number of urea groups is 1. The number of ether oxygens (including phenoxy) is 2. The number of primary amides is 1. The molecule has 0 saturated carbocycles. The quantitative estimate of drug-likeness (QED) is 0.369. The van der Waals surface area contributed by atoms with Crippen molar-refractivity contribution in [1.29, 1.82) is 0 Å². The fourth-order valence-corrected chi connectivity index (χ4v) is 6.07. The number of carbonyl (C=O) groups is 5. The third-order valence-electron chi connectivity index (χ3n) is 7.62. The number of rotatable bonds is 3. The van der Waals surface area contributed by atoms with Crippen LogP contribution in [0.15, 0.2) is 46.6 Å². The maximum Gasteiger partial charge on any atom is 0.328 e. The van der Waals surface area contributed by atoms with Crippen molar-refractivity contribution < 1.29 is 38.6 Å². The van der Waals surface area contributed by atoms with Gasteiger partial charge in [0.15, 0.2) is 11.6 Å². The second-order valence-electron chi connectivity index (χ2n) is 9.34. The third-order valence-corrected chi connectivity index (χ3v) is 7.62. The van der Waals surface area contributed by atoms with Gasteiger partial charge in [0.25, 0.3) is 0 Å². The van der Waals surface area contributed by atoms with Crippen molar-refractivity contribution in [2.45, 2.75) is 25.7 Å². The Bertz CT molecular complexity index is 1370. The predicted molar refractivity (Wildman–Crippen MR) is 124 cm³/mol. The second kappa shape index (κ2) is 8.18. The average Bonchev–Trinajstić information content (AvgIpc) is 3.11. The van der Waals surface area contributed by atoms with Crippen molar-refractivity contribution >= 4 is 29.4 Å². The van der Waals surface area contributed by atoms with Crippen molar-refractivity contribution in [3.05, 3.63) is 52.1 Å². The van der Waals surface area contributed by atoms with Gasteiger partial charge in [-0.2, -0.15) is 4.90 Å². The molecule has 1 heterocycles. The van der Waals surface area contributed by atoms with Gasteiger partial charge in [0.1, 0.15) is 17.2 Å². The molecule has 4 aliphatic rings. The second-order valence-corrected chi connectivity index (χ2v) is 9.34. The number of phenolic OH excluding ortho intramolecular Hbond substituents is 1. The maximum absolute atomic E-state index is 13.4. The van der Waals surface area contributed by atoms with E-state index in [0.717, 1.165) is 0 Å². The molecular weight excluding hydrogens is 468 g/mol. The number of hydrogen-bond donors (Lipinski definition) is 2. The maximum atomic E-state index is 13.4. The van der Waals surface area contributed by atoms with E-state index in [-0.39, 0.29) is 58.2 Å². The van der Waals surface area contributed by atoms with Crippen LogP contribution in [0.3, 0.4) is 0 Å². The van der Waals surface area contributed by atoms with Crippen molar-refractivity contribution in [2.75, 3.05) is 14.2 Å². The first-order valence-corrected chi connectivity index (χ1v) is 11.4. The van der Waals surface area contributed by atoms with E-state index in [2.05, 4.69) is 0 Å². The van der Waals surface area contributed by atoms with E-state index < -0.39 is 41.5 Å². The first-order chi connectivity index (χ1) is 17.1.